The highest BCUT2D eigenvalue weighted by Gasteiger charge is 2.41. The minimum Gasteiger partial charge on any atom is -0.506 e. The number of hydrogen-bond donors (Lipinski definition) is 2. The summed E-state index contributed by atoms with van der Waals surface area (Å²) >= 11 is 0. The molecule has 1 heterocycles. The van der Waals surface area contributed by atoms with E-state index in [-0.39, 0.29) is 17.5 Å². The van der Waals surface area contributed by atoms with E-state index in [9.17, 15) is 18.3 Å². The zero-order valence-electron chi connectivity index (χ0n) is 20.9. The molecule has 5 rings (SSSR count). The molecule has 0 saturated heterocycles. The average molecular weight is 513 g/mol. The van der Waals surface area contributed by atoms with Crippen molar-refractivity contribution in [2.24, 2.45) is 0 Å². The number of para-hydroxylation sites is 1. The molecule has 1 amide bonds. The van der Waals surface area contributed by atoms with Crippen LogP contribution in [0.1, 0.15) is 37.5 Å². The molecule has 0 spiro atoms. The Labute approximate surface area is 216 Å². The summed E-state index contributed by atoms with van der Waals surface area (Å²) in [6.07, 6.45) is 0. The molecule has 6 nitrogen and oxygen atoms in total. The lowest BCUT2D eigenvalue weighted by atomic mass is 9.87. The molecule has 2 N–H and O–H groups in total. The monoisotopic (exact) mass is 512 g/mol. The quantitative estimate of drug-likeness (QED) is 0.333. The third-order valence-electron chi connectivity index (χ3n) is 6.58. The van der Waals surface area contributed by atoms with Crippen molar-refractivity contribution < 1.29 is 18.3 Å². The number of anilines is 2. The summed E-state index contributed by atoms with van der Waals surface area (Å²) in [6.45, 7) is 6.35. The molecular formula is C30H28N2O4S. The van der Waals surface area contributed by atoms with Crippen molar-refractivity contribution in [1.29, 1.82) is 0 Å². The Kier molecular flexibility index (Phi) is 6.04. The number of hydrogen-bond acceptors (Lipinski definition) is 4. The van der Waals surface area contributed by atoms with E-state index in [1.165, 1.54) is 4.31 Å². The summed E-state index contributed by atoms with van der Waals surface area (Å²) in [5.41, 5.74) is 2.92. The van der Waals surface area contributed by atoms with Crippen molar-refractivity contribution >= 4 is 43.8 Å². The number of aliphatic hydroxyl groups excluding tert-OH is 1. The largest absolute Gasteiger partial charge is 0.506 e. The smallest absolute Gasteiger partial charge is 0.273 e. The number of amides is 1. The molecule has 0 aromatic heterocycles. The van der Waals surface area contributed by atoms with E-state index in [1.54, 1.807) is 36.4 Å². The number of carbonyl (C=O) groups is 1. The van der Waals surface area contributed by atoms with E-state index < -0.39 is 26.6 Å². The maximum atomic E-state index is 13.9. The molecule has 0 atom stereocenters. The molecule has 0 radical (unpaired) electrons. The summed E-state index contributed by atoms with van der Waals surface area (Å²) < 4.78 is 28.9. The second kappa shape index (κ2) is 9.09. The van der Waals surface area contributed by atoms with Gasteiger partial charge >= 0.3 is 0 Å². The molecule has 7 heteroatoms. The molecule has 1 aliphatic rings. The number of fused-ring (bicyclic) bond motifs is 2. The summed E-state index contributed by atoms with van der Waals surface area (Å²) in [7, 11) is -4.39. The minimum atomic E-state index is -4.39. The molecule has 0 bridgehead atoms. The molecule has 0 fully saturated rings. The van der Waals surface area contributed by atoms with E-state index in [2.05, 4.69) is 26.1 Å². The van der Waals surface area contributed by atoms with Gasteiger partial charge in [-0.2, -0.15) is 0 Å². The van der Waals surface area contributed by atoms with Crippen LogP contribution in [0, 0.1) is 0 Å². The van der Waals surface area contributed by atoms with Gasteiger partial charge in [-0.1, -0.05) is 93.6 Å². The van der Waals surface area contributed by atoms with E-state index in [4.69, 9.17) is 0 Å². The molecule has 0 saturated carbocycles. The maximum absolute atomic E-state index is 13.9. The Morgan fingerprint density at radius 1 is 0.865 bits per heavy atom. The van der Waals surface area contributed by atoms with Crippen LogP contribution in [0.25, 0.3) is 16.5 Å². The van der Waals surface area contributed by atoms with Gasteiger partial charge in [0.15, 0.2) is 10.7 Å². The summed E-state index contributed by atoms with van der Waals surface area (Å²) in [4.78, 5) is 12.8. The van der Waals surface area contributed by atoms with Crippen molar-refractivity contribution in [3.8, 4) is 0 Å². The fourth-order valence-electron chi connectivity index (χ4n) is 4.56. The van der Waals surface area contributed by atoms with Crippen LogP contribution in [0.3, 0.4) is 0 Å². The first kappa shape index (κ1) is 24.6. The Bertz CT molecular complexity index is 1640. The second-order valence-corrected chi connectivity index (χ2v) is 11.9. The lowest BCUT2D eigenvalue weighted by molar-refractivity contribution is -0.112. The number of aliphatic hydroxyl groups is 1. The molecule has 0 aliphatic carbocycles. The van der Waals surface area contributed by atoms with E-state index in [0.29, 0.717) is 11.4 Å². The third-order valence-corrected chi connectivity index (χ3v) is 8.38. The lowest BCUT2D eigenvalue weighted by Gasteiger charge is -2.31. The van der Waals surface area contributed by atoms with Crippen molar-refractivity contribution in [1.82, 2.24) is 0 Å². The van der Waals surface area contributed by atoms with Gasteiger partial charge in [-0.15, -0.1) is 0 Å². The average Bonchev–Trinajstić information content (AvgIpc) is 2.86. The predicted molar refractivity (Wildman–Crippen MR) is 149 cm³/mol. The lowest BCUT2D eigenvalue weighted by Crippen LogP contribution is -2.39. The summed E-state index contributed by atoms with van der Waals surface area (Å²) in [6, 6.07) is 27.3. The van der Waals surface area contributed by atoms with Crippen LogP contribution in [0.4, 0.5) is 11.4 Å². The van der Waals surface area contributed by atoms with E-state index in [1.807, 2.05) is 54.6 Å². The van der Waals surface area contributed by atoms with Gasteiger partial charge in [0.2, 0.25) is 0 Å². The predicted octanol–water partition coefficient (Wildman–Crippen LogP) is 6.35. The van der Waals surface area contributed by atoms with Crippen molar-refractivity contribution in [2.75, 3.05) is 9.62 Å². The topological polar surface area (TPSA) is 86.7 Å². The minimum absolute atomic E-state index is 0.0160. The van der Waals surface area contributed by atoms with Crippen molar-refractivity contribution in [2.45, 2.75) is 32.7 Å². The Balaban J connectivity index is 1.55. The van der Waals surface area contributed by atoms with Crippen LogP contribution in [-0.4, -0.2) is 19.4 Å². The zero-order valence-corrected chi connectivity index (χ0v) is 21.7. The highest BCUT2D eigenvalue weighted by molar-refractivity contribution is 7.97. The SMILES string of the molecule is CC(C)(C)c1ccc(CN2c3ccccc3C(O)=C(C(=O)Nc3cccc4ccccc34)S2(=O)=O)cc1. The Morgan fingerprint density at radius 3 is 2.24 bits per heavy atom. The number of rotatable bonds is 4. The molecule has 4 aromatic rings. The van der Waals surface area contributed by atoms with Gasteiger partial charge in [0, 0.05) is 16.6 Å². The fourth-order valence-corrected chi connectivity index (χ4v) is 6.16. The summed E-state index contributed by atoms with van der Waals surface area (Å²) in [5, 5.41) is 15.4. The van der Waals surface area contributed by atoms with E-state index in [0.717, 1.165) is 21.9 Å². The van der Waals surface area contributed by atoms with Gasteiger partial charge in [0.05, 0.1) is 12.2 Å². The second-order valence-electron chi connectivity index (χ2n) is 10.1. The number of nitrogens with zero attached hydrogens (tertiary/aromatic N) is 1. The van der Waals surface area contributed by atoms with Crippen molar-refractivity contribution in [3.63, 3.8) is 0 Å². The number of benzene rings is 4. The number of nitrogens with one attached hydrogen (secondary N) is 1. The molecule has 37 heavy (non-hydrogen) atoms. The number of sulfonamides is 1. The molecule has 188 valence electrons. The first-order valence-electron chi connectivity index (χ1n) is 12.0. The molecular weight excluding hydrogens is 484 g/mol. The van der Waals surface area contributed by atoms with E-state index >= 15 is 0 Å². The third kappa shape index (κ3) is 4.47. The fraction of sp³-hybridized carbons (Fsp3) is 0.167. The van der Waals surface area contributed by atoms with Crippen LogP contribution in [-0.2, 0) is 26.8 Å². The molecule has 0 unspecified atom stereocenters. The Morgan fingerprint density at radius 2 is 1.51 bits per heavy atom. The highest BCUT2D eigenvalue weighted by Crippen LogP contribution is 2.40. The van der Waals surface area contributed by atoms with Crippen LogP contribution >= 0.6 is 0 Å². The van der Waals surface area contributed by atoms with Crippen LogP contribution in [0.5, 0.6) is 0 Å². The molecule has 4 aromatic carbocycles. The Hall–Kier alpha value is -4.10. The number of carbonyl (C=O) groups excluding carboxylic acids is 1. The van der Waals surface area contributed by atoms with Gasteiger partial charge in [-0.3, -0.25) is 9.10 Å². The van der Waals surface area contributed by atoms with Crippen LogP contribution in [0.2, 0.25) is 0 Å². The van der Waals surface area contributed by atoms with Crippen LogP contribution in [0.15, 0.2) is 95.9 Å². The maximum Gasteiger partial charge on any atom is 0.273 e. The standard InChI is InChI=1S/C30H28N2O4S/c1-30(2,3)22-17-15-20(16-18-22)19-32-26-14-7-6-12-24(26)27(33)28(37(32,35)36)29(34)31-25-13-8-10-21-9-4-5-11-23(21)25/h4-18,33H,19H2,1-3H3,(H,31,34). The highest BCUT2D eigenvalue weighted by atomic mass is 32.2. The normalized spacial score (nSPS) is 14.9. The van der Waals surface area contributed by atoms with Gasteiger partial charge < -0.3 is 10.4 Å². The van der Waals surface area contributed by atoms with Gasteiger partial charge in [0.25, 0.3) is 15.9 Å². The first-order valence-corrected chi connectivity index (χ1v) is 13.5. The van der Waals surface area contributed by atoms with Gasteiger partial charge in [0.1, 0.15) is 0 Å². The molecule has 1 aliphatic heterocycles. The van der Waals surface area contributed by atoms with Crippen LogP contribution < -0.4 is 9.62 Å². The van der Waals surface area contributed by atoms with Gasteiger partial charge in [-0.05, 0) is 40.1 Å². The first-order chi connectivity index (χ1) is 17.6. The van der Waals surface area contributed by atoms with Gasteiger partial charge in [-0.25, -0.2) is 8.42 Å². The zero-order chi connectivity index (χ0) is 26.4. The van der Waals surface area contributed by atoms with Crippen molar-refractivity contribution in [3.05, 3.63) is 113 Å². The summed E-state index contributed by atoms with van der Waals surface area (Å²) in [5.74, 6) is -1.45.